The molecule has 136 valence electrons. The zero-order chi connectivity index (χ0) is 18.2. The molecule has 0 spiro atoms. The highest BCUT2D eigenvalue weighted by Crippen LogP contribution is 2.14. The van der Waals surface area contributed by atoms with E-state index in [-0.39, 0.29) is 0 Å². The van der Waals surface area contributed by atoms with Crippen LogP contribution in [0.25, 0.3) is 0 Å². The van der Waals surface area contributed by atoms with Gasteiger partial charge in [-0.1, -0.05) is 29.8 Å². The summed E-state index contributed by atoms with van der Waals surface area (Å²) in [6.45, 7) is 6.85. The molecule has 0 N–H and O–H groups in total. The highest BCUT2D eigenvalue weighted by molar-refractivity contribution is 6.30. The van der Waals surface area contributed by atoms with Crippen molar-refractivity contribution in [2.45, 2.75) is 13.0 Å². The number of ether oxygens (including phenoxy) is 1. The predicted octanol–water partition coefficient (Wildman–Crippen LogP) is 3.80. The summed E-state index contributed by atoms with van der Waals surface area (Å²) in [5.41, 5.74) is 1.94. The van der Waals surface area contributed by atoms with E-state index in [4.69, 9.17) is 21.6 Å². The number of benzene rings is 2. The second-order valence-electron chi connectivity index (χ2n) is 6.59. The standard InChI is InChI=1S/C21H24ClN3O/c22-20-7-5-18(6-8-20)17-25-10-2-9-24(11-12-25)13-14-26-21-4-1-3-19(15-21)16-23/h1,3-8,15H,2,9-14,17H2. The number of hydrogen-bond donors (Lipinski definition) is 0. The summed E-state index contributed by atoms with van der Waals surface area (Å²) >= 11 is 5.96. The predicted molar refractivity (Wildman–Crippen MR) is 104 cm³/mol. The molecule has 26 heavy (non-hydrogen) atoms. The molecule has 0 saturated carbocycles. The third kappa shape index (κ3) is 5.74. The first-order valence-corrected chi connectivity index (χ1v) is 9.43. The van der Waals surface area contributed by atoms with Crippen LogP contribution in [0.5, 0.6) is 5.75 Å². The molecule has 1 aliphatic heterocycles. The molecule has 3 rings (SSSR count). The number of nitrogens with zero attached hydrogens (tertiary/aromatic N) is 3. The molecule has 0 radical (unpaired) electrons. The van der Waals surface area contributed by atoms with Crippen LogP contribution in [0.4, 0.5) is 0 Å². The van der Waals surface area contributed by atoms with Crippen LogP contribution in [-0.4, -0.2) is 49.1 Å². The maximum absolute atomic E-state index is 8.94. The lowest BCUT2D eigenvalue weighted by Gasteiger charge is -2.22. The van der Waals surface area contributed by atoms with E-state index >= 15 is 0 Å². The Morgan fingerprint density at radius 1 is 1.00 bits per heavy atom. The molecule has 0 bridgehead atoms. The van der Waals surface area contributed by atoms with Gasteiger partial charge in [0.1, 0.15) is 12.4 Å². The van der Waals surface area contributed by atoms with Gasteiger partial charge in [0.2, 0.25) is 0 Å². The minimum atomic E-state index is 0.634. The summed E-state index contributed by atoms with van der Waals surface area (Å²) in [6.07, 6.45) is 1.16. The Labute approximate surface area is 160 Å². The number of halogens is 1. The fourth-order valence-corrected chi connectivity index (χ4v) is 3.33. The Balaban J connectivity index is 1.42. The van der Waals surface area contributed by atoms with Gasteiger partial charge >= 0.3 is 0 Å². The average molecular weight is 370 g/mol. The van der Waals surface area contributed by atoms with Crippen molar-refractivity contribution in [1.82, 2.24) is 9.80 Å². The summed E-state index contributed by atoms with van der Waals surface area (Å²) in [6, 6.07) is 17.6. The third-order valence-corrected chi connectivity index (χ3v) is 4.89. The van der Waals surface area contributed by atoms with Gasteiger partial charge in [0.15, 0.2) is 0 Å². The van der Waals surface area contributed by atoms with Crippen molar-refractivity contribution in [2.75, 3.05) is 39.3 Å². The molecule has 5 heteroatoms. The van der Waals surface area contributed by atoms with Gasteiger partial charge in [0.25, 0.3) is 0 Å². The van der Waals surface area contributed by atoms with Crippen LogP contribution in [0.2, 0.25) is 5.02 Å². The smallest absolute Gasteiger partial charge is 0.120 e. The van der Waals surface area contributed by atoms with Gasteiger partial charge in [-0.2, -0.15) is 5.26 Å². The first-order valence-electron chi connectivity index (χ1n) is 9.05. The molecule has 2 aromatic carbocycles. The van der Waals surface area contributed by atoms with E-state index in [9.17, 15) is 0 Å². The lowest BCUT2D eigenvalue weighted by Crippen LogP contribution is -2.33. The number of rotatable bonds is 6. The summed E-state index contributed by atoms with van der Waals surface area (Å²) in [7, 11) is 0. The Hall–Kier alpha value is -2.06. The first-order chi connectivity index (χ1) is 12.7. The highest BCUT2D eigenvalue weighted by atomic mass is 35.5. The topological polar surface area (TPSA) is 39.5 Å². The maximum Gasteiger partial charge on any atom is 0.120 e. The van der Waals surface area contributed by atoms with Crippen molar-refractivity contribution >= 4 is 11.6 Å². The fourth-order valence-electron chi connectivity index (χ4n) is 3.20. The highest BCUT2D eigenvalue weighted by Gasteiger charge is 2.15. The van der Waals surface area contributed by atoms with Gasteiger partial charge in [-0.05, 0) is 55.4 Å². The second-order valence-corrected chi connectivity index (χ2v) is 7.02. The van der Waals surface area contributed by atoms with Crippen LogP contribution >= 0.6 is 11.6 Å². The van der Waals surface area contributed by atoms with E-state index in [1.165, 1.54) is 5.56 Å². The molecule has 1 saturated heterocycles. The van der Waals surface area contributed by atoms with Crippen molar-refractivity contribution < 1.29 is 4.74 Å². The average Bonchev–Trinajstić information content (AvgIpc) is 2.89. The molecule has 4 nitrogen and oxygen atoms in total. The van der Waals surface area contributed by atoms with Crippen LogP contribution in [0.15, 0.2) is 48.5 Å². The largest absolute Gasteiger partial charge is 0.492 e. The van der Waals surface area contributed by atoms with E-state index in [1.807, 2.05) is 24.3 Å². The minimum Gasteiger partial charge on any atom is -0.492 e. The Kier molecular flexibility index (Phi) is 6.90. The SMILES string of the molecule is N#Cc1cccc(OCCN2CCCN(Cc3ccc(Cl)cc3)CC2)c1. The van der Waals surface area contributed by atoms with E-state index in [0.717, 1.165) is 56.5 Å². The lowest BCUT2D eigenvalue weighted by atomic mass is 10.2. The van der Waals surface area contributed by atoms with E-state index in [2.05, 4.69) is 28.0 Å². The van der Waals surface area contributed by atoms with Crippen molar-refractivity contribution in [2.24, 2.45) is 0 Å². The molecule has 0 amide bonds. The van der Waals surface area contributed by atoms with Crippen molar-refractivity contribution in [3.63, 3.8) is 0 Å². The van der Waals surface area contributed by atoms with E-state index in [0.29, 0.717) is 12.2 Å². The zero-order valence-corrected chi connectivity index (χ0v) is 15.7. The summed E-state index contributed by atoms with van der Waals surface area (Å²) in [5, 5.41) is 9.73. The molecule has 1 fully saturated rings. The van der Waals surface area contributed by atoms with Gasteiger partial charge in [0.05, 0.1) is 11.6 Å². The van der Waals surface area contributed by atoms with Gasteiger partial charge in [-0.25, -0.2) is 0 Å². The molecule has 2 aromatic rings. The van der Waals surface area contributed by atoms with Crippen molar-refractivity contribution in [1.29, 1.82) is 5.26 Å². The van der Waals surface area contributed by atoms with Crippen molar-refractivity contribution in [3.8, 4) is 11.8 Å². The molecule has 0 aliphatic carbocycles. The number of nitriles is 1. The van der Waals surface area contributed by atoms with Crippen LogP contribution in [0, 0.1) is 11.3 Å². The van der Waals surface area contributed by atoms with Crippen LogP contribution in [0.1, 0.15) is 17.5 Å². The quantitative estimate of drug-likeness (QED) is 0.776. The maximum atomic E-state index is 8.94. The summed E-state index contributed by atoms with van der Waals surface area (Å²) in [4.78, 5) is 4.95. The fraction of sp³-hybridized carbons (Fsp3) is 0.381. The normalized spacial score (nSPS) is 16.0. The first kappa shape index (κ1) is 18.7. The third-order valence-electron chi connectivity index (χ3n) is 4.64. The van der Waals surface area contributed by atoms with Crippen LogP contribution < -0.4 is 4.74 Å². The molecule has 0 unspecified atom stereocenters. The van der Waals surface area contributed by atoms with Gasteiger partial charge in [0, 0.05) is 31.2 Å². The van der Waals surface area contributed by atoms with Crippen LogP contribution in [0.3, 0.4) is 0 Å². The molecule has 0 aromatic heterocycles. The van der Waals surface area contributed by atoms with Crippen molar-refractivity contribution in [3.05, 3.63) is 64.7 Å². The Bertz CT molecular complexity index is 742. The van der Waals surface area contributed by atoms with Gasteiger partial charge in [-0.15, -0.1) is 0 Å². The Morgan fingerprint density at radius 3 is 2.58 bits per heavy atom. The van der Waals surface area contributed by atoms with E-state index < -0.39 is 0 Å². The minimum absolute atomic E-state index is 0.634. The molecule has 1 aliphatic rings. The molecule has 1 heterocycles. The lowest BCUT2D eigenvalue weighted by molar-refractivity contribution is 0.207. The molecule has 0 atom stereocenters. The second kappa shape index (κ2) is 9.59. The summed E-state index contributed by atoms with van der Waals surface area (Å²) in [5.74, 6) is 0.767. The summed E-state index contributed by atoms with van der Waals surface area (Å²) < 4.78 is 5.81. The Morgan fingerprint density at radius 2 is 1.77 bits per heavy atom. The van der Waals surface area contributed by atoms with Crippen LogP contribution in [-0.2, 0) is 6.54 Å². The van der Waals surface area contributed by atoms with Gasteiger partial charge in [-0.3, -0.25) is 9.80 Å². The van der Waals surface area contributed by atoms with Gasteiger partial charge < -0.3 is 4.74 Å². The zero-order valence-electron chi connectivity index (χ0n) is 14.9. The monoisotopic (exact) mass is 369 g/mol. The molecular weight excluding hydrogens is 346 g/mol. The molecular formula is C21H24ClN3O. The number of hydrogen-bond acceptors (Lipinski definition) is 4. The van der Waals surface area contributed by atoms with E-state index in [1.54, 1.807) is 12.1 Å².